The zero-order chi connectivity index (χ0) is 19.0. The molecule has 1 aromatic rings. The van der Waals surface area contributed by atoms with E-state index in [4.69, 9.17) is 14.0 Å². The highest BCUT2D eigenvalue weighted by Gasteiger charge is 2.53. The van der Waals surface area contributed by atoms with Crippen molar-refractivity contribution in [3.63, 3.8) is 0 Å². The average Bonchev–Trinajstić information content (AvgIpc) is 2.94. The van der Waals surface area contributed by atoms with Gasteiger partial charge >= 0.3 is 7.12 Å². The Morgan fingerprint density at radius 3 is 2.20 bits per heavy atom. The van der Waals surface area contributed by atoms with E-state index >= 15 is 4.39 Å². The van der Waals surface area contributed by atoms with Crippen molar-refractivity contribution in [3.8, 4) is 0 Å². The van der Waals surface area contributed by atoms with Gasteiger partial charge in [0.25, 0.3) is 0 Å². The summed E-state index contributed by atoms with van der Waals surface area (Å²) >= 11 is 1.54. The molecule has 1 aromatic heterocycles. The topological polar surface area (TPSA) is 27.7 Å². The molecule has 0 radical (unpaired) electrons. The minimum absolute atomic E-state index is 0.254. The van der Waals surface area contributed by atoms with E-state index in [1.807, 2.05) is 66.8 Å². The molecule has 25 heavy (non-hydrogen) atoms. The molecule has 0 bridgehead atoms. The second kappa shape index (κ2) is 7.14. The molecular formula is C19H30BFO3S. The molecule has 2 rings (SSSR count). The van der Waals surface area contributed by atoms with E-state index < -0.39 is 18.3 Å². The van der Waals surface area contributed by atoms with E-state index in [1.54, 1.807) is 0 Å². The number of hydrogen-bond acceptors (Lipinski definition) is 4. The maximum absolute atomic E-state index is 15.4. The Kier molecular flexibility index (Phi) is 5.89. The van der Waals surface area contributed by atoms with Gasteiger partial charge < -0.3 is 14.0 Å². The molecule has 3 nitrogen and oxygen atoms in total. The summed E-state index contributed by atoms with van der Waals surface area (Å²) in [4.78, 5) is 0.935. The summed E-state index contributed by atoms with van der Waals surface area (Å²) in [5.41, 5.74) is -0.0467. The van der Waals surface area contributed by atoms with Crippen LogP contribution in [-0.2, 0) is 14.0 Å². The molecule has 140 valence electrons. The minimum Gasteiger partial charge on any atom is -0.398 e. The molecule has 0 unspecified atom stereocenters. The van der Waals surface area contributed by atoms with Gasteiger partial charge in [-0.1, -0.05) is 0 Å². The van der Waals surface area contributed by atoms with E-state index in [2.05, 4.69) is 0 Å². The lowest BCUT2D eigenvalue weighted by atomic mass is 9.83. The highest BCUT2D eigenvalue weighted by Crippen LogP contribution is 2.41. The summed E-state index contributed by atoms with van der Waals surface area (Å²) in [7, 11) is -0.976. The van der Waals surface area contributed by atoms with Crippen LogP contribution in [0.15, 0.2) is 17.2 Å². The Bertz CT molecular complexity index is 627. The summed E-state index contributed by atoms with van der Waals surface area (Å²) in [5.74, 6) is 0. The molecule has 0 aromatic carbocycles. The molecule has 6 heteroatoms. The van der Waals surface area contributed by atoms with Crippen LogP contribution in [0.25, 0.3) is 5.57 Å². The molecule has 0 spiro atoms. The maximum Gasteiger partial charge on any atom is 0.525 e. The van der Waals surface area contributed by atoms with Gasteiger partial charge in [0.15, 0.2) is 0 Å². The Hall–Kier alpha value is -0.685. The van der Waals surface area contributed by atoms with Crippen LogP contribution in [0, 0.1) is 6.92 Å². The van der Waals surface area contributed by atoms with Gasteiger partial charge in [0.05, 0.1) is 23.4 Å². The van der Waals surface area contributed by atoms with Crippen LogP contribution in [0.4, 0.5) is 4.39 Å². The third-order valence-electron chi connectivity index (χ3n) is 4.77. The van der Waals surface area contributed by atoms with Crippen LogP contribution in [0.3, 0.4) is 0 Å². The lowest BCUT2D eigenvalue weighted by Gasteiger charge is -2.32. The second-order valence-electron chi connectivity index (χ2n) is 8.56. The van der Waals surface area contributed by atoms with Gasteiger partial charge in [-0.05, 0) is 84.4 Å². The molecule has 1 aliphatic rings. The molecule has 0 atom stereocenters. The first-order valence-electron chi connectivity index (χ1n) is 8.77. The monoisotopic (exact) mass is 368 g/mol. The third-order valence-corrected chi connectivity index (χ3v) is 5.85. The van der Waals surface area contributed by atoms with E-state index in [0.29, 0.717) is 18.6 Å². The predicted octanol–water partition coefficient (Wildman–Crippen LogP) is 5.57. The van der Waals surface area contributed by atoms with E-state index in [1.165, 1.54) is 11.3 Å². The fraction of sp³-hybridized carbons (Fsp3) is 0.684. The summed E-state index contributed by atoms with van der Waals surface area (Å²) in [6.45, 7) is 16.2. The standard InChI is InChI=1S/C19H30BFO3S/c1-13-10-12-25-15(13)14(9-11-22-17(2,3)4)16(21)20-23-18(5,6)19(7,8)24-20/h10,12H,9,11H2,1-8H3. The SMILES string of the molecule is Cc1ccsc1C(CCOC(C)(C)C)=C(F)B1OC(C)(C)C(C)(C)O1. The predicted molar refractivity (Wildman–Crippen MR) is 103 cm³/mol. The van der Waals surface area contributed by atoms with Gasteiger partial charge in [0.1, 0.15) is 5.73 Å². The lowest BCUT2D eigenvalue weighted by molar-refractivity contribution is 0.000581. The number of rotatable bonds is 5. The Morgan fingerprint density at radius 2 is 1.76 bits per heavy atom. The number of ether oxygens (including phenoxy) is 1. The normalized spacial score (nSPS) is 20.8. The van der Waals surface area contributed by atoms with Crippen molar-refractivity contribution >= 4 is 24.0 Å². The fourth-order valence-corrected chi connectivity index (χ4v) is 3.58. The van der Waals surface area contributed by atoms with Crippen LogP contribution in [0.5, 0.6) is 0 Å². The van der Waals surface area contributed by atoms with E-state index in [9.17, 15) is 0 Å². The van der Waals surface area contributed by atoms with Gasteiger partial charge in [0.2, 0.25) is 0 Å². The molecule has 0 N–H and O–H groups in total. The smallest absolute Gasteiger partial charge is 0.398 e. The molecule has 1 fully saturated rings. The van der Waals surface area contributed by atoms with Crippen molar-refractivity contribution < 1.29 is 18.4 Å². The molecule has 1 aliphatic heterocycles. The largest absolute Gasteiger partial charge is 0.525 e. The lowest BCUT2D eigenvalue weighted by Crippen LogP contribution is -2.41. The highest BCUT2D eigenvalue weighted by molar-refractivity contribution is 7.11. The van der Waals surface area contributed by atoms with Crippen molar-refractivity contribution in [2.75, 3.05) is 6.61 Å². The second-order valence-corrected chi connectivity index (χ2v) is 9.47. The van der Waals surface area contributed by atoms with Crippen molar-refractivity contribution in [3.05, 3.63) is 27.6 Å². The van der Waals surface area contributed by atoms with Gasteiger partial charge in [-0.2, -0.15) is 0 Å². The fourth-order valence-electron chi connectivity index (χ4n) is 2.57. The van der Waals surface area contributed by atoms with E-state index in [-0.39, 0.29) is 11.3 Å². The van der Waals surface area contributed by atoms with Gasteiger partial charge in [-0.15, -0.1) is 11.3 Å². The number of hydrogen-bond donors (Lipinski definition) is 0. The summed E-state index contributed by atoms with van der Waals surface area (Å²) in [6, 6.07) is 2.00. The van der Waals surface area contributed by atoms with Crippen LogP contribution in [0.2, 0.25) is 0 Å². The maximum atomic E-state index is 15.4. The first kappa shape index (κ1) is 20.6. The Morgan fingerprint density at radius 1 is 1.20 bits per heavy atom. The first-order valence-corrected chi connectivity index (χ1v) is 9.65. The molecule has 0 aliphatic carbocycles. The number of halogens is 1. The number of thiophene rings is 1. The molecule has 1 saturated heterocycles. The molecular weight excluding hydrogens is 338 g/mol. The van der Waals surface area contributed by atoms with Gasteiger partial charge in [0, 0.05) is 4.88 Å². The van der Waals surface area contributed by atoms with Crippen molar-refractivity contribution in [2.45, 2.75) is 78.6 Å². The van der Waals surface area contributed by atoms with Crippen molar-refractivity contribution in [1.29, 1.82) is 0 Å². The van der Waals surface area contributed by atoms with Crippen LogP contribution in [0.1, 0.15) is 65.3 Å². The molecule has 0 amide bonds. The summed E-state index contributed by atoms with van der Waals surface area (Å²) in [6.07, 6.45) is 0.481. The van der Waals surface area contributed by atoms with Crippen LogP contribution in [-0.4, -0.2) is 30.5 Å². The first-order chi connectivity index (χ1) is 11.3. The Labute approximate surface area is 155 Å². The van der Waals surface area contributed by atoms with Crippen molar-refractivity contribution in [1.82, 2.24) is 0 Å². The zero-order valence-corrected chi connectivity index (χ0v) is 17.5. The summed E-state index contributed by atoms with van der Waals surface area (Å²) in [5, 5.41) is 1.98. The summed E-state index contributed by atoms with van der Waals surface area (Å²) < 4.78 is 33.0. The van der Waals surface area contributed by atoms with E-state index in [0.717, 1.165) is 10.4 Å². The minimum atomic E-state index is -0.976. The molecule has 0 saturated carbocycles. The number of aryl methyl sites for hydroxylation is 1. The molecule has 2 heterocycles. The average molecular weight is 368 g/mol. The van der Waals surface area contributed by atoms with Crippen LogP contribution >= 0.6 is 11.3 Å². The third kappa shape index (κ3) is 4.73. The Balaban J connectivity index is 2.31. The van der Waals surface area contributed by atoms with Crippen molar-refractivity contribution in [2.24, 2.45) is 0 Å². The highest BCUT2D eigenvalue weighted by atomic mass is 32.1. The zero-order valence-electron chi connectivity index (χ0n) is 16.7. The van der Waals surface area contributed by atoms with Gasteiger partial charge in [-0.3, -0.25) is 0 Å². The quantitative estimate of drug-likeness (QED) is 0.636. The van der Waals surface area contributed by atoms with Gasteiger partial charge in [-0.25, -0.2) is 4.39 Å². The van der Waals surface area contributed by atoms with Crippen LogP contribution < -0.4 is 0 Å².